The molecule has 3 heterocycles. The van der Waals surface area contributed by atoms with Crippen LogP contribution in [0.2, 0.25) is 0 Å². The molecule has 0 aliphatic carbocycles. The van der Waals surface area contributed by atoms with Crippen LogP contribution < -0.4 is 11.2 Å². The number of aromatic nitrogens is 6. The van der Waals surface area contributed by atoms with Gasteiger partial charge in [-0.15, -0.1) is 10.2 Å². The smallest absolute Gasteiger partial charge is 0.309 e. The summed E-state index contributed by atoms with van der Waals surface area (Å²) in [4.78, 5) is 32.1. The van der Waals surface area contributed by atoms with Gasteiger partial charge in [-0.3, -0.25) is 18.3 Å². The number of fused-ring (bicyclic) bond motifs is 3. The Morgan fingerprint density at radius 1 is 1.00 bits per heavy atom. The maximum absolute atomic E-state index is 12.9. The van der Waals surface area contributed by atoms with E-state index in [1.54, 1.807) is 18.8 Å². The lowest BCUT2D eigenvalue weighted by atomic mass is 10.2. The highest BCUT2D eigenvalue weighted by Crippen LogP contribution is 2.27. The van der Waals surface area contributed by atoms with Crippen molar-refractivity contribution in [1.29, 1.82) is 0 Å². The first-order valence-electron chi connectivity index (χ1n) is 9.08. The third-order valence-corrected chi connectivity index (χ3v) is 5.63. The fourth-order valence-electron chi connectivity index (χ4n) is 3.13. The van der Waals surface area contributed by atoms with Gasteiger partial charge in [-0.1, -0.05) is 42.1 Å². The minimum Gasteiger partial charge on any atom is -0.309 e. The Hall–Kier alpha value is -2.98. The molecule has 150 valence electrons. The van der Waals surface area contributed by atoms with Gasteiger partial charge in [-0.25, -0.2) is 9.78 Å². The molecule has 4 aromatic rings. The number of nitrogens with zero attached hydrogens (tertiary/aromatic N) is 7. The quantitative estimate of drug-likeness (QED) is 0.453. The second kappa shape index (κ2) is 7.45. The second-order valence-electron chi connectivity index (χ2n) is 7.00. The van der Waals surface area contributed by atoms with Crippen molar-refractivity contribution in [1.82, 2.24) is 33.6 Å². The van der Waals surface area contributed by atoms with Gasteiger partial charge in [0.15, 0.2) is 16.5 Å². The molecule has 0 atom stereocenters. The van der Waals surface area contributed by atoms with Crippen molar-refractivity contribution in [3.8, 4) is 11.4 Å². The molecule has 0 saturated carbocycles. The molecule has 9 nitrogen and oxygen atoms in total. The molecule has 0 N–H and O–H groups in total. The minimum absolute atomic E-state index is 0.279. The zero-order valence-electron chi connectivity index (χ0n) is 16.7. The van der Waals surface area contributed by atoms with Crippen molar-refractivity contribution in [2.45, 2.75) is 5.16 Å². The van der Waals surface area contributed by atoms with Gasteiger partial charge >= 0.3 is 5.69 Å². The second-order valence-corrected chi connectivity index (χ2v) is 8.06. The van der Waals surface area contributed by atoms with E-state index in [9.17, 15) is 9.59 Å². The molecule has 1 aromatic carbocycles. The fourth-order valence-corrected chi connectivity index (χ4v) is 4.17. The summed E-state index contributed by atoms with van der Waals surface area (Å²) in [7, 11) is 7.08. The first-order valence-corrected chi connectivity index (χ1v) is 10.1. The van der Waals surface area contributed by atoms with Gasteiger partial charge in [0, 0.05) is 32.0 Å². The molecule has 0 bridgehead atoms. The van der Waals surface area contributed by atoms with Gasteiger partial charge in [-0.05, 0) is 14.1 Å². The summed E-state index contributed by atoms with van der Waals surface area (Å²) < 4.78 is 4.25. The van der Waals surface area contributed by atoms with Gasteiger partial charge in [0.2, 0.25) is 0 Å². The summed E-state index contributed by atoms with van der Waals surface area (Å²) >= 11 is 1.55. The number of hydrogen-bond acceptors (Lipinski definition) is 7. The lowest BCUT2D eigenvalue weighted by Crippen LogP contribution is -2.37. The molecule has 0 unspecified atom stereocenters. The summed E-state index contributed by atoms with van der Waals surface area (Å²) in [6, 6.07) is 9.62. The largest absolute Gasteiger partial charge is 0.332 e. The van der Waals surface area contributed by atoms with E-state index in [4.69, 9.17) is 4.98 Å². The van der Waals surface area contributed by atoms with Crippen molar-refractivity contribution in [3.05, 3.63) is 51.2 Å². The normalized spacial score (nSPS) is 11.8. The zero-order valence-corrected chi connectivity index (χ0v) is 17.5. The molecule has 29 heavy (non-hydrogen) atoms. The van der Waals surface area contributed by atoms with E-state index in [0.717, 1.165) is 22.4 Å². The fraction of sp³-hybridized carbons (Fsp3) is 0.316. The molecule has 0 aliphatic heterocycles. The maximum atomic E-state index is 12.9. The highest BCUT2D eigenvalue weighted by atomic mass is 32.2. The molecular weight excluding hydrogens is 390 g/mol. The lowest BCUT2D eigenvalue weighted by molar-refractivity contribution is 0.437. The first-order chi connectivity index (χ1) is 13.9. The van der Waals surface area contributed by atoms with Crippen LogP contribution in [0, 0.1) is 0 Å². The van der Waals surface area contributed by atoms with Gasteiger partial charge in [0.25, 0.3) is 5.56 Å². The van der Waals surface area contributed by atoms with E-state index >= 15 is 0 Å². The zero-order chi connectivity index (χ0) is 20.7. The minimum atomic E-state index is -0.433. The Morgan fingerprint density at radius 2 is 1.72 bits per heavy atom. The van der Waals surface area contributed by atoms with Crippen LogP contribution in [0.15, 0.2) is 45.1 Å². The maximum Gasteiger partial charge on any atom is 0.332 e. The van der Waals surface area contributed by atoms with Gasteiger partial charge in [0.1, 0.15) is 11.2 Å². The van der Waals surface area contributed by atoms with Crippen molar-refractivity contribution in [2.75, 3.05) is 26.4 Å². The highest BCUT2D eigenvalue weighted by molar-refractivity contribution is 7.99. The Labute approximate surface area is 170 Å². The van der Waals surface area contributed by atoms with Crippen LogP contribution in [0.1, 0.15) is 0 Å². The predicted molar refractivity (Wildman–Crippen MR) is 113 cm³/mol. The summed E-state index contributed by atoms with van der Waals surface area (Å²) in [5.74, 6) is 1.40. The monoisotopic (exact) mass is 411 g/mol. The Bertz CT molecular complexity index is 1320. The molecule has 0 spiro atoms. The molecule has 0 saturated heterocycles. The van der Waals surface area contributed by atoms with Crippen molar-refractivity contribution < 1.29 is 0 Å². The number of rotatable bonds is 5. The van der Waals surface area contributed by atoms with Crippen LogP contribution in [0.4, 0.5) is 0 Å². The number of thioether (sulfide) groups is 1. The molecule has 0 aliphatic rings. The summed E-state index contributed by atoms with van der Waals surface area (Å²) in [5, 5.41) is 9.58. The standard InChI is InChI=1S/C19H21N7O2S/c1-23(2)10-11-29-18-22-21-16-13-15(24(3)19(28)25(4)17(13)27)20-14(26(16)18)12-8-6-5-7-9-12/h5-9H,10-11H2,1-4H3. The van der Waals surface area contributed by atoms with Crippen LogP contribution >= 0.6 is 11.8 Å². The number of aryl methyl sites for hydroxylation is 1. The van der Waals surface area contributed by atoms with Crippen LogP contribution in [-0.4, -0.2) is 60.0 Å². The highest BCUT2D eigenvalue weighted by Gasteiger charge is 2.21. The average Bonchev–Trinajstić information content (AvgIpc) is 3.14. The number of benzene rings is 1. The van der Waals surface area contributed by atoms with E-state index < -0.39 is 11.2 Å². The van der Waals surface area contributed by atoms with E-state index in [-0.39, 0.29) is 5.39 Å². The molecule has 0 fully saturated rings. The van der Waals surface area contributed by atoms with E-state index in [2.05, 4.69) is 15.1 Å². The van der Waals surface area contributed by atoms with Crippen molar-refractivity contribution in [3.63, 3.8) is 0 Å². The van der Waals surface area contributed by atoms with Crippen LogP contribution in [0.5, 0.6) is 0 Å². The molecule has 4 rings (SSSR count). The molecule has 3 aromatic heterocycles. The van der Waals surface area contributed by atoms with Gasteiger partial charge in [0.05, 0.1) is 0 Å². The predicted octanol–water partition coefficient (Wildman–Crippen LogP) is 0.996. The Balaban J connectivity index is 2.08. The van der Waals surface area contributed by atoms with Crippen molar-refractivity contribution >= 4 is 28.4 Å². The van der Waals surface area contributed by atoms with E-state index in [0.29, 0.717) is 22.3 Å². The molecule has 0 radical (unpaired) electrons. The third-order valence-electron chi connectivity index (χ3n) is 4.72. The van der Waals surface area contributed by atoms with Gasteiger partial charge < -0.3 is 4.90 Å². The van der Waals surface area contributed by atoms with Crippen LogP contribution in [-0.2, 0) is 14.1 Å². The van der Waals surface area contributed by atoms with Crippen LogP contribution in [0.3, 0.4) is 0 Å². The third kappa shape index (κ3) is 3.23. The first kappa shape index (κ1) is 19.3. The summed E-state index contributed by atoms with van der Waals surface area (Å²) in [6.07, 6.45) is 0. The summed E-state index contributed by atoms with van der Waals surface area (Å²) in [6.45, 7) is 0.873. The Kier molecular flexibility index (Phi) is 4.97. The topological polar surface area (TPSA) is 90.3 Å². The summed E-state index contributed by atoms with van der Waals surface area (Å²) in [5.41, 5.74) is 0.678. The SMILES string of the molecule is CN(C)CCSc1nnc2c3c(=O)n(C)c(=O)n(C)c3nc(-c3ccccc3)n12. The molecular formula is C19H21N7O2S. The average molecular weight is 411 g/mol. The lowest BCUT2D eigenvalue weighted by Gasteiger charge is -2.12. The number of hydrogen-bond donors (Lipinski definition) is 0. The van der Waals surface area contributed by atoms with E-state index in [1.807, 2.05) is 48.8 Å². The van der Waals surface area contributed by atoms with E-state index in [1.165, 1.54) is 11.6 Å². The van der Waals surface area contributed by atoms with Gasteiger partial charge in [-0.2, -0.15) is 0 Å². The molecule has 0 amide bonds. The Morgan fingerprint density at radius 3 is 2.41 bits per heavy atom. The van der Waals surface area contributed by atoms with Crippen molar-refractivity contribution in [2.24, 2.45) is 14.1 Å². The van der Waals surface area contributed by atoms with Crippen LogP contribution in [0.25, 0.3) is 28.1 Å². The molecule has 10 heteroatoms.